The van der Waals surface area contributed by atoms with Crippen molar-refractivity contribution < 1.29 is 23.9 Å². The van der Waals surface area contributed by atoms with Crippen molar-refractivity contribution in [3.63, 3.8) is 0 Å². The lowest BCUT2D eigenvalue weighted by molar-refractivity contribution is 0.0526. The molecule has 198 valence electrons. The maximum absolute atomic E-state index is 13.7. The zero-order chi connectivity index (χ0) is 27.4. The number of pyridine rings is 1. The number of carbonyl (C=O) groups is 3. The SMILES string of the molecule is COc1c(C(=O)NCCNC(=O)OC(C)(C)C)sc2c1c(=O)n(CC(=O)c1ccccc1)c1ccccc21. The number of thiophene rings is 1. The average Bonchev–Trinajstić information content (AvgIpc) is 3.28. The van der Waals surface area contributed by atoms with E-state index in [1.807, 2.05) is 18.2 Å². The molecular formula is C28H29N3O6S. The summed E-state index contributed by atoms with van der Waals surface area (Å²) in [6, 6.07) is 16.0. The van der Waals surface area contributed by atoms with Gasteiger partial charge in [0.2, 0.25) is 0 Å². The van der Waals surface area contributed by atoms with Gasteiger partial charge in [0.25, 0.3) is 11.5 Å². The van der Waals surface area contributed by atoms with Crippen molar-refractivity contribution in [2.45, 2.75) is 32.9 Å². The number of hydrogen-bond acceptors (Lipinski definition) is 7. The van der Waals surface area contributed by atoms with Crippen molar-refractivity contribution >= 4 is 50.1 Å². The Balaban J connectivity index is 1.65. The first-order valence-electron chi connectivity index (χ1n) is 12.1. The molecule has 10 heteroatoms. The minimum atomic E-state index is -0.626. The molecule has 0 spiro atoms. The number of nitrogens with one attached hydrogen (secondary N) is 2. The first-order valence-corrected chi connectivity index (χ1v) is 12.9. The molecule has 0 saturated carbocycles. The van der Waals surface area contributed by atoms with Crippen LogP contribution in [0.3, 0.4) is 0 Å². The molecule has 2 aromatic carbocycles. The van der Waals surface area contributed by atoms with Crippen molar-refractivity contribution in [3.8, 4) is 5.75 Å². The molecule has 0 bridgehead atoms. The maximum Gasteiger partial charge on any atom is 0.407 e. The van der Waals surface area contributed by atoms with Crippen molar-refractivity contribution in [1.82, 2.24) is 15.2 Å². The van der Waals surface area contributed by atoms with Gasteiger partial charge in [-0.3, -0.25) is 19.0 Å². The molecular weight excluding hydrogens is 506 g/mol. The van der Waals surface area contributed by atoms with Gasteiger partial charge in [-0.25, -0.2) is 4.79 Å². The van der Waals surface area contributed by atoms with E-state index in [-0.39, 0.29) is 41.4 Å². The van der Waals surface area contributed by atoms with E-state index >= 15 is 0 Å². The number of alkyl carbamates (subject to hydrolysis) is 1. The highest BCUT2D eigenvalue weighted by Gasteiger charge is 2.25. The van der Waals surface area contributed by atoms with Gasteiger partial charge in [-0.1, -0.05) is 48.5 Å². The average molecular weight is 536 g/mol. The molecule has 0 radical (unpaired) electrons. The van der Waals surface area contributed by atoms with Gasteiger partial charge in [-0.2, -0.15) is 0 Å². The molecule has 38 heavy (non-hydrogen) atoms. The van der Waals surface area contributed by atoms with E-state index in [1.54, 1.807) is 57.2 Å². The Kier molecular flexibility index (Phi) is 7.82. The number of benzene rings is 2. The van der Waals surface area contributed by atoms with E-state index in [4.69, 9.17) is 9.47 Å². The summed E-state index contributed by atoms with van der Waals surface area (Å²) in [5.41, 5.74) is 0.0495. The largest absolute Gasteiger partial charge is 0.494 e. The lowest BCUT2D eigenvalue weighted by Crippen LogP contribution is -2.37. The first kappa shape index (κ1) is 26.9. The Morgan fingerprint density at radius 1 is 0.947 bits per heavy atom. The summed E-state index contributed by atoms with van der Waals surface area (Å²) in [6.45, 7) is 5.43. The molecule has 0 aliphatic carbocycles. The number of aromatic nitrogens is 1. The third-order valence-electron chi connectivity index (χ3n) is 5.65. The summed E-state index contributed by atoms with van der Waals surface area (Å²) >= 11 is 1.15. The van der Waals surface area contributed by atoms with Crippen LogP contribution in [0.2, 0.25) is 0 Å². The quantitative estimate of drug-likeness (QED) is 0.256. The minimum absolute atomic E-state index is 0.145. The molecule has 4 aromatic rings. The van der Waals surface area contributed by atoms with Crippen molar-refractivity contribution in [3.05, 3.63) is 75.4 Å². The predicted octanol–water partition coefficient (Wildman–Crippen LogP) is 4.36. The summed E-state index contributed by atoms with van der Waals surface area (Å²) < 4.78 is 12.8. The van der Waals surface area contributed by atoms with E-state index < -0.39 is 23.2 Å². The zero-order valence-electron chi connectivity index (χ0n) is 21.6. The lowest BCUT2D eigenvalue weighted by Gasteiger charge is -2.19. The normalized spacial score (nSPS) is 11.4. The molecule has 0 fully saturated rings. The summed E-state index contributed by atoms with van der Waals surface area (Å²) in [4.78, 5) is 51.8. The Morgan fingerprint density at radius 3 is 2.29 bits per heavy atom. The van der Waals surface area contributed by atoms with Crippen molar-refractivity contribution in [1.29, 1.82) is 0 Å². The summed E-state index contributed by atoms with van der Waals surface area (Å²) in [6.07, 6.45) is -0.580. The highest BCUT2D eigenvalue weighted by molar-refractivity contribution is 7.22. The van der Waals surface area contributed by atoms with Gasteiger partial charge in [0.1, 0.15) is 15.9 Å². The zero-order valence-corrected chi connectivity index (χ0v) is 22.4. The number of methoxy groups -OCH3 is 1. The molecule has 0 aliphatic rings. The van der Waals surface area contributed by atoms with E-state index in [0.717, 1.165) is 16.7 Å². The molecule has 0 atom stereocenters. The highest BCUT2D eigenvalue weighted by Crippen LogP contribution is 2.39. The van der Waals surface area contributed by atoms with E-state index in [0.29, 0.717) is 15.8 Å². The first-order chi connectivity index (χ1) is 18.1. The van der Waals surface area contributed by atoms with E-state index in [1.165, 1.54) is 11.7 Å². The smallest absolute Gasteiger partial charge is 0.407 e. The number of nitrogens with zero attached hydrogens (tertiary/aromatic N) is 1. The van der Waals surface area contributed by atoms with Crippen LogP contribution >= 0.6 is 11.3 Å². The second kappa shape index (κ2) is 11.1. The topological polar surface area (TPSA) is 116 Å². The molecule has 2 amide bonds. The number of Topliss-reactive ketones (excluding diaryl/α,β-unsaturated/α-hetero) is 1. The number of ketones is 1. The molecule has 0 saturated heterocycles. The third-order valence-corrected chi connectivity index (χ3v) is 6.85. The standard InChI is InChI=1S/C28H29N3O6S/c1-28(2,3)37-27(35)30-15-14-29-25(33)24-22(36-4)21-23(38-24)18-12-8-9-13-19(18)31(26(21)34)16-20(32)17-10-6-5-7-11-17/h5-13H,14-16H2,1-4H3,(H,29,33)(H,30,35). The molecule has 4 rings (SSSR count). The maximum atomic E-state index is 13.7. The number of hydrogen-bond donors (Lipinski definition) is 2. The fourth-order valence-electron chi connectivity index (χ4n) is 4.04. The predicted molar refractivity (Wildman–Crippen MR) is 147 cm³/mol. The molecule has 2 heterocycles. The van der Waals surface area contributed by atoms with E-state index in [2.05, 4.69) is 10.6 Å². The number of rotatable bonds is 8. The molecule has 0 unspecified atom stereocenters. The monoisotopic (exact) mass is 535 g/mol. The molecule has 2 aromatic heterocycles. The minimum Gasteiger partial charge on any atom is -0.494 e. The van der Waals surface area contributed by atoms with Crippen molar-refractivity contribution in [2.24, 2.45) is 0 Å². The lowest BCUT2D eigenvalue weighted by atomic mass is 10.1. The van der Waals surface area contributed by atoms with Gasteiger partial charge in [0.05, 0.1) is 23.9 Å². The second-order valence-corrected chi connectivity index (χ2v) is 10.6. The van der Waals surface area contributed by atoms with Gasteiger partial charge < -0.3 is 20.1 Å². The Morgan fingerprint density at radius 2 is 1.61 bits per heavy atom. The van der Waals surface area contributed by atoms with Gasteiger partial charge in [0, 0.05) is 24.0 Å². The van der Waals surface area contributed by atoms with Gasteiger partial charge in [0.15, 0.2) is 11.5 Å². The van der Waals surface area contributed by atoms with Crippen LogP contribution in [-0.2, 0) is 11.3 Å². The number of amides is 2. The van der Waals surface area contributed by atoms with Crippen LogP contribution < -0.4 is 20.9 Å². The Hall–Kier alpha value is -4.18. The Labute approximate surface area is 223 Å². The second-order valence-electron chi connectivity index (χ2n) is 9.55. The van der Waals surface area contributed by atoms with Crippen LogP contribution in [0, 0.1) is 0 Å². The number of fused-ring (bicyclic) bond motifs is 3. The van der Waals surface area contributed by atoms with Crippen molar-refractivity contribution in [2.75, 3.05) is 20.2 Å². The van der Waals surface area contributed by atoms with Crippen LogP contribution in [0.5, 0.6) is 5.75 Å². The number of para-hydroxylation sites is 1. The summed E-state index contributed by atoms with van der Waals surface area (Å²) in [5, 5.41) is 6.31. The number of ether oxygens (including phenoxy) is 2. The molecule has 2 N–H and O–H groups in total. The molecule has 9 nitrogen and oxygen atoms in total. The number of carbonyl (C=O) groups excluding carboxylic acids is 3. The van der Waals surface area contributed by atoms with Gasteiger partial charge >= 0.3 is 6.09 Å². The van der Waals surface area contributed by atoms with Crippen LogP contribution in [-0.4, -0.2) is 48.2 Å². The van der Waals surface area contributed by atoms with Gasteiger partial charge in [-0.05, 0) is 26.8 Å². The van der Waals surface area contributed by atoms with Crippen LogP contribution in [0.1, 0.15) is 40.8 Å². The fraction of sp³-hybridized carbons (Fsp3) is 0.286. The van der Waals surface area contributed by atoms with Crippen LogP contribution in [0.25, 0.3) is 21.0 Å². The molecule has 0 aliphatic heterocycles. The van der Waals surface area contributed by atoms with Crippen LogP contribution in [0.4, 0.5) is 4.79 Å². The Bertz CT molecular complexity index is 1570. The fourth-order valence-corrected chi connectivity index (χ4v) is 5.25. The van der Waals surface area contributed by atoms with E-state index in [9.17, 15) is 19.2 Å². The van der Waals surface area contributed by atoms with Crippen LogP contribution in [0.15, 0.2) is 59.4 Å². The van der Waals surface area contributed by atoms with Gasteiger partial charge in [-0.15, -0.1) is 11.3 Å². The third kappa shape index (κ3) is 5.70. The summed E-state index contributed by atoms with van der Waals surface area (Å²) in [5.74, 6) is -0.495. The highest BCUT2D eigenvalue weighted by atomic mass is 32.1. The summed E-state index contributed by atoms with van der Waals surface area (Å²) in [7, 11) is 1.40.